The number of piperidine rings is 1. The molecule has 0 saturated carbocycles. The van der Waals surface area contributed by atoms with Gasteiger partial charge >= 0.3 is 17.6 Å². The Labute approximate surface area is 518 Å². The summed E-state index contributed by atoms with van der Waals surface area (Å²) in [6, 6.07) is 18.5. The molecule has 9 N–H and O–H groups in total. The van der Waals surface area contributed by atoms with Gasteiger partial charge in [0.15, 0.2) is 12.5 Å². The minimum Gasteiger partial charge on any atom is -0.491 e. The van der Waals surface area contributed by atoms with Crippen molar-refractivity contribution in [3.8, 4) is 16.3 Å². The molecule has 4 aliphatic rings. The molecule has 0 spiro atoms. The molecule has 10 rings (SSSR count). The van der Waals surface area contributed by atoms with Crippen LogP contribution in [-0.2, 0) is 25.5 Å². The number of alkyl halides is 5. The second-order valence-corrected chi connectivity index (χ2v) is 22.9. The van der Waals surface area contributed by atoms with Gasteiger partial charge in [-0.15, -0.1) is 11.3 Å². The summed E-state index contributed by atoms with van der Waals surface area (Å²) in [5, 5.41) is 76.4. The third kappa shape index (κ3) is 18.7. The molecule has 4 aromatic heterocycles. The van der Waals surface area contributed by atoms with Crippen LogP contribution in [0.15, 0.2) is 89.0 Å². The molecule has 25 nitrogen and oxygen atoms in total. The number of imidazole rings is 1. The van der Waals surface area contributed by atoms with Crippen LogP contribution >= 0.6 is 33.9 Å². The van der Waals surface area contributed by atoms with Crippen molar-refractivity contribution in [2.45, 2.75) is 125 Å². The largest absolute Gasteiger partial charge is 0.491 e. The van der Waals surface area contributed by atoms with Crippen molar-refractivity contribution in [2.24, 2.45) is 5.92 Å². The number of aryl methyl sites for hydroxylation is 1. The number of hydrogen-bond acceptors (Lipinski definition) is 22. The summed E-state index contributed by atoms with van der Waals surface area (Å²) in [7, 11) is 3.29. The molecule has 8 heterocycles. The first-order chi connectivity index (χ1) is 42.1. The van der Waals surface area contributed by atoms with Crippen molar-refractivity contribution in [1.29, 1.82) is 0 Å². The molecule has 88 heavy (non-hydrogen) atoms. The highest BCUT2D eigenvalue weighted by Gasteiger charge is 2.51. The summed E-state index contributed by atoms with van der Waals surface area (Å²) < 4.78 is 87.3. The number of aliphatic hydroxyl groups excluding tert-OH is 7. The molecule has 4 fully saturated rings. The summed E-state index contributed by atoms with van der Waals surface area (Å²) in [6.45, 7) is -0.997. The fourth-order valence-corrected chi connectivity index (χ4v) is 11.6. The zero-order chi connectivity index (χ0) is 64.4. The first kappa shape index (κ1) is 70.9. The molecule has 32 heteroatoms. The van der Waals surface area contributed by atoms with Crippen LogP contribution in [0.3, 0.4) is 0 Å². The summed E-state index contributed by atoms with van der Waals surface area (Å²) in [4.78, 5) is 61.6. The average Bonchev–Trinajstić information content (AvgIpc) is 3.27. The second kappa shape index (κ2) is 34.1. The number of aliphatic hydroxyl groups is 7. The maximum Gasteiger partial charge on any atom is 0.434 e. The number of halogens is 6. The third-order valence-corrected chi connectivity index (χ3v) is 16.5. The van der Waals surface area contributed by atoms with E-state index in [1.165, 1.54) is 46.2 Å². The maximum absolute atomic E-state index is 13.4. The molecular weight excluding hydrogens is 1300 g/mol. The minimum atomic E-state index is -2.04. The van der Waals surface area contributed by atoms with E-state index in [-0.39, 0.29) is 50.1 Å². The topological polar surface area (TPSA) is 352 Å². The van der Waals surface area contributed by atoms with Crippen molar-refractivity contribution < 1.29 is 86.4 Å². The van der Waals surface area contributed by atoms with Gasteiger partial charge < -0.3 is 70.1 Å². The van der Waals surface area contributed by atoms with Crippen LogP contribution in [0.25, 0.3) is 20.8 Å². The number of fused-ring (bicyclic) bond motifs is 3. The molecular formula is C56H71F5IN9O16S. The number of thiazole rings is 1. The number of nitrogens with zero attached hydrogens (tertiary/aromatic N) is 7. The van der Waals surface area contributed by atoms with Crippen LogP contribution in [0.1, 0.15) is 55.4 Å². The molecule has 0 amide bonds. The molecule has 6 aromatic rings. The third-order valence-electron chi connectivity index (χ3n) is 14.7. The number of benzene rings is 2. The first-order valence-corrected chi connectivity index (χ1v) is 29.6. The fraction of sp³-hybridized carbons (Fsp3) is 0.536. The summed E-state index contributed by atoms with van der Waals surface area (Å²) in [5.74, 6) is 0.939. The number of rotatable bonds is 18. The maximum atomic E-state index is 13.4. The molecule has 14 atom stereocenters. The Kier molecular flexibility index (Phi) is 27.5. The Bertz CT molecular complexity index is 3260. The SMILES string of the molecule is CNc1ccc(-c2nc3ccc(OC[C@H](O)C[18F])cc3s2)cn1.COC(=O)C1C(c2ccc(I)cc2)CC2CCC1N2CCC[18F].Cc1cn([C@H]2CC([18F])[C@@H](CO)O2)c(=O)[nH]c1=O.O=[N+]([O-])c1nccn1CC(O)C[18F].OCC1OC(O)C([18F])C(O)C1O. The molecule has 484 valence electrons. The number of carbonyl (C=O) groups is 1. The molecule has 11 unspecified atom stereocenters. The lowest BCUT2D eigenvalue weighted by Crippen LogP contribution is -2.56. The quantitative estimate of drug-likeness (QED) is 0.0191. The number of nitrogens with one attached hydrogen (secondary N) is 2. The van der Waals surface area contributed by atoms with Gasteiger partial charge in [-0.1, -0.05) is 17.1 Å². The molecule has 2 bridgehead atoms. The van der Waals surface area contributed by atoms with Crippen molar-refractivity contribution in [3.05, 3.63) is 125 Å². The Morgan fingerprint density at radius 1 is 0.966 bits per heavy atom. The Morgan fingerprint density at radius 3 is 2.30 bits per heavy atom. The summed E-state index contributed by atoms with van der Waals surface area (Å²) >= 11 is 3.83. The summed E-state index contributed by atoms with van der Waals surface area (Å²) in [5.41, 5.74) is 2.26. The Hall–Kier alpha value is -6.18. The van der Waals surface area contributed by atoms with Crippen LogP contribution in [-0.4, -0.2) is 208 Å². The van der Waals surface area contributed by atoms with Crippen LogP contribution in [0.5, 0.6) is 5.75 Å². The average molecular weight is 1380 g/mol. The molecule has 0 radical (unpaired) electrons. The van der Waals surface area contributed by atoms with E-state index in [4.69, 9.17) is 44.8 Å². The van der Waals surface area contributed by atoms with Crippen LogP contribution in [0.2, 0.25) is 0 Å². The highest BCUT2D eigenvalue weighted by Crippen LogP contribution is 2.47. The van der Waals surface area contributed by atoms with Crippen LogP contribution < -0.4 is 21.3 Å². The lowest BCUT2D eigenvalue weighted by Gasteiger charge is -2.43. The number of pyridine rings is 1. The van der Waals surface area contributed by atoms with Gasteiger partial charge in [-0.2, -0.15) is 0 Å². The Balaban J connectivity index is 0.000000180. The van der Waals surface area contributed by atoms with Crippen LogP contribution in [0, 0.1) is 26.5 Å². The van der Waals surface area contributed by atoms with Gasteiger partial charge in [0.25, 0.3) is 5.56 Å². The number of aromatic amines is 1. The number of methoxy groups -OCH3 is 1. The lowest BCUT2D eigenvalue weighted by molar-refractivity contribution is -0.397. The molecule has 0 aliphatic carbocycles. The van der Waals surface area contributed by atoms with Gasteiger partial charge in [0.2, 0.25) is 0 Å². The zero-order valence-corrected chi connectivity index (χ0v) is 50.9. The van der Waals surface area contributed by atoms with Gasteiger partial charge in [0, 0.05) is 65.1 Å². The van der Waals surface area contributed by atoms with Gasteiger partial charge in [-0.3, -0.25) is 28.4 Å². The molecule has 2 aromatic carbocycles. The van der Waals surface area contributed by atoms with E-state index in [2.05, 4.69) is 81.7 Å². The van der Waals surface area contributed by atoms with E-state index >= 15 is 0 Å². The Morgan fingerprint density at radius 2 is 1.68 bits per heavy atom. The molecule has 4 aliphatic heterocycles. The number of aromatic nitrogens is 6. The number of hydrogen-bond donors (Lipinski definition) is 9. The summed E-state index contributed by atoms with van der Waals surface area (Å²) in [6.07, 6.45) is -4.28. The van der Waals surface area contributed by atoms with Gasteiger partial charge in [0.05, 0.1) is 43.1 Å². The zero-order valence-electron chi connectivity index (χ0n) is 47.9. The standard InChI is InChI=1S/C18H23FINO2.C16H16FN3O2S.C10H13FN2O4.C6H8FN3O3.C6H11FO5/c1-23-18(22)17-15(12-3-5-13(20)6-4-12)11-14-7-8-16(17)21(14)10-2-9-19;1-18-15-5-2-10(8-19-15)16-20-13-4-3-12(6-14(13)23-16)22-9-11(21)7-17;1-5-3-13(10(16)12-9(5)15)8-2-6(11)7(4-14)17-8;7-3-5(11)4-9-2-1-8-6(9)10(12)13;7-3-5(10)4(9)2(1-8)12-6(3)11/h3-6,14-17H,2,7-11H2,1H3;2-6,8,11,21H,7,9H2,1H3,(H,18,19);3,6-8,14H,2,4H2,1H3,(H,12,15,16);1-2,5,11H,3-4H2;2-6,8-11H,1H2/t;11-;6?,7-,8-;;/m.11../s1/i19-1;17-1;11-1;2*7-1. The molecule has 4 saturated heterocycles. The fourth-order valence-electron chi connectivity index (χ4n) is 10.2. The van der Waals surface area contributed by atoms with E-state index < -0.39 is 110 Å². The highest BCUT2D eigenvalue weighted by molar-refractivity contribution is 14.1. The van der Waals surface area contributed by atoms with Crippen molar-refractivity contribution >= 4 is 61.9 Å². The van der Waals surface area contributed by atoms with E-state index in [1.54, 1.807) is 19.2 Å². The normalized spacial score (nSPS) is 25.3. The van der Waals surface area contributed by atoms with Crippen LogP contribution in [0.4, 0.5) is 33.7 Å². The van der Waals surface area contributed by atoms with Gasteiger partial charge in [-0.25, -0.2) is 36.9 Å². The number of ether oxygens (including phenoxy) is 4. The number of carbonyl (C=O) groups excluding carboxylic acids is 1. The number of esters is 1. The smallest absolute Gasteiger partial charge is 0.434 e. The first-order valence-electron chi connectivity index (χ1n) is 27.7. The highest BCUT2D eigenvalue weighted by atomic mass is 127. The minimum absolute atomic E-state index is 0.0172. The predicted octanol–water partition coefficient (Wildman–Crippen LogP) is 4.21. The van der Waals surface area contributed by atoms with Crippen molar-refractivity contribution in [3.63, 3.8) is 0 Å². The van der Waals surface area contributed by atoms with E-state index in [0.29, 0.717) is 23.8 Å². The monoisotopic (exact) mass is 1370 g/mol. The number of H-pyrrole nitrogens is 1. The second-order valence-electron chi connectivity index (χ2n) is 20.6. The van der Waals surface area contributed by atoms with Gasteiger partial charge in [0.1, 0.15) is 104 Å². The number of anilines is 1. The number of nitro groups is 1. The van der Waals surface area contributed by atoms with Gasteiger partial charge in [-0.05, 0) is 108 Å². The van der Waals surface area contributed by atoms with E-state index in [0.717, 1.165) is 61.5 Å². The van der Waals surface area contributed by atoms with E-state index in [9.17, 15) is 51.6 Å². The van der Waals surface area contributed by atoms with Crippen molar-refractivity contribution in [2.75, 3.05) is 65.9 Å². The predicted molar refractivity (Wildman–Crippen MR) is 318 cm³/mol. The van der Waals surface area contributed by atoms with Crippen molar-refractivity contribution in [1.82, 2.24) is 34.0 Å². The van der Waals surface area contributed by atoms with E-state index in [1.807, 2.05) is 31.3 Å². The lowest BCUT2D eigenvalue weighted by atomic mass is 9.76.